The van der Waals surface area contributed by atoms with Gasteiger partial charge in [-0.2, -0.15) is 4.98 Å². The monoisotopic (exact) mass is 644 g/mol. The summed E-state index contributed by atoms with van der Waals surface area (Å²) < 4.78 is 32.0. The van der Waals surface area contributed by atoms with Crippen LogP contribution in [0.15, 0.2) is 66.9 Å². The second kappa shape index (κ2) is 15.1. The van der Waals surface area contributed by atoms with Crippen LogP contribution >= 0.6 is 0 Å². The number of hydrogen-bond donors (Lipinski definition) is 2. The van der Waals surface area contributed by atoms with E-state index < -0.39 is 18.0 Å². The number of likely N-dealkylation sites (N-methyl/N-ethyl adjacent to an activating group) is 1. The highest BCUT2D eigenvalue weighted by atomic mass is 19.1. The summed E-state index contributed by atoms with van der Waals surface area (Å²) in [6.07, 6.45) is 0.216. The number of rotatable bonds is 12. The van der Waals surface area contributed by atoms with Gasteiger partial charge in [0.15, 0.2) is 11.6 Å². The van der Waals surface area contributed by atoms with Crippen LogP contribution in [0.1, 0.15) is 28.3 Å². The number of amides is 1. The van der Waals surface area contributed by atoms with Gasteiger partial charge in [0.25, 0.3) is 0 Å². The molecule has 2 N–H and O–H groups in total. The lowest BCUT2D eigenvalue weighted by molar-refractivity contribution is 0.132. The molecule has 12 heteroatoms. The van der Waals surface area contributed by atoms with E-state index in [1.807, 2.05) is 32.0 Å². The van der Waals surface area contributed by atoms with Crippen LogP contribution in [0.25, 0.3) is 0 Å². The highest BCUT2D eigenvalue weighted by molar-refractivity contribution is 5.87. The summed E-state index contributed by atoms with van der Waals surface area (Å²) in [5.41, 5.74) is 3.51. The van der Waals surface area contributed by atoms with Gasteiger partial charge in [-0.1, -0.05) is 18.2 Å². The Kier molecular flexibility index (Phi) is 10.7. The molecule has 1 aliphatic rings. The van der Waals surface area contributed by atoms with Crippen LogP contribution in [0.3, 0.4) is 0 Å². The predicted octanol–water partition coefficient (Wildman–Crippen LogP) is 5.89. The third-order valence-electron chi connectivity index (χ3n) is 8.35. The molecule has 0 radical (unpaired) electrons. The molecule has 1 aliphatic heterocycles. The Morgan fingerprint density at radius 2 is 1.72 bits per heavy atom. The first kappa shape index (κ1) is 33.4. The molecule has 1 unspecified atom stereocenters. The highest BCUT2D eigenvalue weighted by Gasteiger charge is 2.34. The molecule has 1 amide bonds. The minimum atomic E-state index is -1.24. The lowest BCUT2D eigenvalue weighted by Gasteiger charge is -2.32. The van der Waals surface area contributed by atoms with E-state index >= 15 is 4.39 Å². The molecular formula is C35H41FN6O5. The van der Waals surface area contributed by atoms with Crippen molar-refractivity contribution in [3.05, 3.63) is 94.9 Å². The molecule has 0 bridgehead atoms. The zero-order valence-corrected chi connectivity index (χ0v) is 27.4. The largest absolute Gasteiger partial charge is 0.497 e. The number of benzene rings is 3. The number of aromatic nitrogens is 2. The number of nitrogens with zero attached hydrogens (tertiary/aromatic N) is 5. The summed E-state index contributed by atoms with van der Waals surface area (Å²) in [5.74, 6) is 0.850. The van der Waals surface area contributed by atoms with Gasteiger partial charge in [0, 0.05) is 56.2 Å². The van der Waals surface area contributed by atoms with Crippen molar-refractivity contribution < 1.29 is 28.5 Å². The van der Waals surface area contributed by atoms with E-state index in [4.69, 9.17) is 14.2 Å². The maximum Gasteiger partial charge on any atom is 0.413 e. The van der Waals surface area contributed by atoms with Gasteiger partial charge in [-0.25, -0.2) is 19.1 Å². The fraction of sp³-hybridized carbons (Fsp3) is 0.343. The second-order valence-corrected chi connectivity index (χ2v) is 11.5. The molecule has 5 rings (SSSR count). The van der Waals surface area contributed by atoms with Crippen molar-refractivity contribution in [3.63, 3.8) is 0 Å². The summed E-state index contributed by atoms with van der Waals surface area (Å²) >= 11 is 0. The molecule has 2 heterocycles. The second-order valence-electron chi connectivity index (χ2n) is 11.5. The minimum Gasteiger partial charge on any atom is -0.497 e. The average molecular weight is 645 g/mol. The van der Waals surface area contributed by atoms with E-state index in [9.17, 15) is 9.90 Å². The summed E-state index contributed by atoms with van der Waals surface area (Å²) in [7, 11) is 5.19. The molecular weight excluding hydrogens is 603 g/mol. The van der Waals surface area contributed by atoms with Crippen molar-refractivity contribution in [2.75, 3.05) is 70.8 Å². The maximum absolute atomic E-state index is 15.0. The SMILES string of the molecule is COc1ccc(OC)c(C(c2c(C)cccc2C)N(C(=O)O)c2ccnc(Nc3ccc(OCCN4CCN(C)CC4)c(F)c3)n2)c1. The topological polar surface area (TPSA) is 113 Å². The standard InChI is InChI=1S/C35H41FN6O5/c1-23-7-6-8-24(2)32(23)33(27-22-26(45-4)10-12-29(27)46-5)42(35(43)44)31-13-14-37-34(39-31)38-25-9-11-30(28(36)21-25)47-20-19-41-17-15-40(3)16-18-41/h6-14,21-22,33H,15-20H2,1-5H3,(H,43,44)(H,37,38,39). The summed E-state index contributed by atoms with van der Waals surface area (Å²) in [6, 6.07) is 16.2. The number of piperazine rings is 1. The lowest BCUT2D eigenvalue weighted by Crippen LogP contribution is -2.45. The smallest absolute Gasteiger partial charge is 0.413 e. The molecule has 1 atom stereocenters. The van der Waals surface area contributed by atoms with E-state index in [0.29, 0.717) is 29.4 Å². The fourth-order valence-corrected chi connectivity index (χ4v) is 5.80. The van der Waals surface area contributed by atoms with Crippen LogP contribution < -0.4 is 24.4 Å². The van der Waals surface area contributed by atoms with Crippen molar-refractivity contribution in [2.45, 2.75) is 19.9 Å². The molecule has 4 aromatic rings. The number of nitrogens with one attached hydrogen (secondary N) is 1. The van der Waals surface area contributed by atoms with Crippen molar-refractivity contribution >= 4 is 23.5 Å². The van der Waals surface area contributed by atoms with Gasteiger partial charge in [-0.3, -0.25) is 4.90 Å². The van der Waals surface area contributed by atoms with E-state index in [1.54, 1.807) is 37.4 Å². The molecule has 248 valence electrons. The molecule has 0 spiro atoms. The lowest BCUT2D eigenvalue weighted by atomic mass is 9.89. The quantitative estimate of drug-likeness (QED) is 0.194. The van der Waals surface area contributed by atoms with Gasteiger partial charge < -0.3 is 29.5 Å². The first-order valence-corrected chi connectivity index (χ1v) is 15.4. The van der Waals surface area contributed by atoms with Gasteiger partial charge in [0.1, 0.15) is 23.9 Å². The normalized spacial score (nSPS) is 14.3. The van der Waals surface area contributed by atoms with Crippen LogP contribution in [0, 0.1) is 19.7 Å². The van der Waals surface area contributed by atoms with E-state index in [2.05, 4.69) is 32.1 Å². The summed E-state index contributed by atoms with van der Waals surface area (Å²) in [4.78, 5) is 27.7. The van der Waals surface area contributed by atoms with Gasteiger partial charge in [0.05, 0.1) is 20.3 Å². The van der Waals surface area contributed by atoms with Crippen LogP contribution in [0.5, 0.6) is 17.2 Å². The molecule has 1 saturated heterocycles. The molecule has 47 heavy (non-hydrogen) atoms. The number of carboxylic acid groups (broad SMARTS) is 1. The van der Waals surface area contributed by atoms with Gasteiger partial charge in [0.2, 0.25) is 5.95 Å². The Labute approximate surface area is 274 Å². The number of carbonyl (C=O) groups is 1. The molecule has 0 aliphatic carbocycles. The van der Waals surface area contributed by atoms with Crippen molar-refractivity contribution in [1.82, 2.24) is 19.8 Å². The third kappa shape index (κ3) is 7.90. The Morgan fingerprint density at radius 1 is 1.00 bits per heavy atom. The van der Waals surface area contributed by atoms with E-state index in [-0.39, 0.29) is 17.5 Å². The third-order valence-corrected chi connectivity index (χ3v) is 8.35. The Balaban J connectivity index is 1.42. The Hall–Kier alpha value is -4.94. The van der Waals surface area contributed by atoms with Gasteiger partial charge in [-0.05, 0) is 74.0 Å². The number of ether oxygens (including phenoxy) is 3. The van der Waals surface area contributed by atoms with Crippen LogP contribution in [0.4, 0.5) is 26.6 Å². The maximum atomic E-state index is 15.0. The van der Waals surface area contributed by atoms with Gasteiger partial charge in [-0.15, -0.1) is 0 Å². The van der Waals surface area contributed by atoms with E-state index in [1.165, 1.54) is 30.3 Å². The number of halogens is 1. The number of anilines is 3. The van der Waals surface area contributed by atoms with E-state index in [0.717, 1.165) is 49.4 Å². The van der Waals surface area contributed by atoms with Gasteiger partial charge >= 0.3 is 6.09 Å². The molecule has 11 nitrogen and oxygen atoms in total. The molecule has 3 aromatic carbocycles. The van der Waals surface area contributed by atoms with Crippen LogP contribution in [-0.4, -0.2) is 91.6 Å². The Morgan fingerprint density at radius 3 is 2.38 bits per heavy atom. The summed E-state index contributed by atoms with van der Waals surface area (Å²) in [6.45, 7) is 8.89. The minimum absolute atomic E-state index is 0.0924. The fourth-order valence-electron chi connectivity index (χ4n) is 5.80. The zero-order chi connectivity index (χ0) is 33.5. The van der Waals surface area contributed by atoms with Crippen LogP contribution in [-0.2, 0) is 0 Å². The van der Waals surface area contributed by atoms with Crippen molar-refractivity contribution in [1.29, 1.82) is 0 Å². The first-order chi connectivity index (χ1) is 22.7. The predicted molar refractivity (Wildman–Crippen MR) is 179 cm³/mol. The Bertz CT molecular complexity index is 1680. The van der Waals surface area contributed by atoms with Crippen molar-refractivity contribution in [2.24, 2.45) is 0 Å². The number of aryl methyl sites for hydroxylation is 2. The number of hydrogen-bond acceptors (Lipinski definition) is 9. The molecule has 1 fully saturated rings. The molecule has 1 aromatic heterocycles. The highest BCUT2D eigenvalue weighted by Crippen LogP contribution is 2.41. The average Bonchev–Trinajstić information content (AvgIpc) is 3.05. The zero-order valence-electron chi connectivity index (χ0n) is 27.4. The first-order valence-electron chi connectivity index (χ1n) is 15.4. The molecule has 0 saturated carbocycles. The van der Waals surface area contributed by atoms with Crippen molar-refractivity contribution in [3.8, 4) is 17.2 Å². The number of methoxy groups -OCH3 is 2. The summed E-state index contributed by atoms with van der Waals surface area (Å²) in [5, 5.41) is 13.7. The van der Waals surface area contributed by atoms with Crippen LogP contribution in [0.2, 0.25) is 0 Å².